The van der Waals surface area contributed by atoms with Crippen LogP contribution in [0.3, 0.4) is 0 Å². The molecule has 1 aliphatic rings. The minimum atomic E-state index is 0. The number of piperidine rings is 1. The molecule has 1 aliphatic heterocycles. The number of methoxy groups -OCH3 is 2. The van der Waals surface area contributed by atoms with Crippen LogP contribution in [0.25, 0.3) is 0 Å². The Hall–Kier alpha value is -1.22. The zero-order valence-corrected chi connectivity index (χ0v) is 19.7. The van der Waals surface area contributed by atoms with E-state index in [9.17, 15) is 0 Å². The SMILES string of the molecule is CN=C(NCCN1CCCCC1C)N(C)Cc1ccc(OC)cc1OC.I. The summed E-state index contributed by atoms with van der Waals surface area (Å²) in [6.45, 7) is 6.21. The fourth-order valence-electron chi connectivity index (χ4n) is 3.50. The summed E-state index contributed by atoms with van der Waals surface area (Å²) in [4.78, 5) is 9.10. The average molecular weight is 490 g/mol. The molecule has 1 N–H and O–H groups in total. The Labute approximate surface area is 181 Å². The molecule has 0 spiro atoms. The number of benzene rings is 1. The van der Waals surface area contributed by atoms with Gasteiger partial charge in [-0.2, -0.15) is 0 Å². The van der Waals surface area contributed by atoms with Gasteiger partial charge >= 0.3 is 0 Å². The molecule has 1 fully saturated rings. The highest BCUT2D eigenvalue weighted by atomic mass is 127. The first-order valence-electron chi connectivity index (χ1n) is 9.45. The van der Waals surface area contributed by atoms with Crippen molar-refractivity contribution in [2.45, 2.75) is 38.8 Å². The quantitative estimate of drug-likeness (QED) is 0.362. The van der Waals surface area contributed by atoms with Gasteiger partial charge in [0.2, 0.25) is 0 Å². The maximum Gasteiger partial charge on any atom is 0.193 e. The van der Waals surface area contributed by atoms with Gasteiger partial charge in [-0.3, -0.25) is 9.89 Å². The van der Waals surface area contributed by atoms with Crippen molar-refractivity contribution in [3.63, 3.8) is 0 Å². The molecule has 1 aromatic rings. The smallest absolute Gasteiger partial charge is 0.193 e. The van der Waals surface area contributed by atoms with E-state index in [4.69, 9.17) is 9.47 Å². The Morgan fingerprint density at radius 3 is 2.70 bits per heavy atom. The second-order valence-electron chi connectivity index (χ2n) is 6.89. The first-order valence-corrected chi connectivity index (χ1v) is 9.45. The summed E-state index contributed by atoms with van der Waals surface area (Å²) in [6.07, 6.45) is 3.99. The number of guanidine groups is 1. The van der Waals surface area contributed by atoms with Crippen molar-refractivity contribution in [1.82, 2.24) is 15.1 Å². The van der Waals surface area contributed by atoms with Crippen molar-refractivity contribution in [3.8, 4) is 11.5 Å². The summed E-state index contributed by atoms with van der Waals surface area (Å²) in [7, 11) is 7.22. The number of hydrogen-bond donors (Lipinski definition) is 1. The Kier molecular flexibility index (Phi) is 10.8. The Morgan fingerprint density at radius 2 is 2.07 bits per heavy atom. The lowest BCUT2D eigenvalue weighted by atomic mass is 10.0. The standard InChI is InChI=1S/C20H34N4O2.HI/c1-16-8-6-7-12-24(16)13-11-22-20(21-2)23(3)15-17-9-10-18(25-4)14-19(17)26-5;/h9-10,14,16H,6-8,11-13,15H2,1-5H3,(H,21,22);1H. The van der Waals surface area contributed by atoms with E-state index >= 15 is 0 Å². The second kappa shape index (κ2) is 12.3. The minimum Gasteiger partial charge on any atom is -0.497 e. The van der Waals surface area contributed by atoms with Gasteiger partial charge in [-0.1, -0.05) is 6.42 Å². The van der Waals surface area contributed by atoms with Crippen molar-refractivity contribution in [2.75, 3.05) is 47.9 Å². The van der Waals surface area contributed by atoms with Crippen LogP contribution in [0.2, 0.25) is 0 Å². The lowest BCUT2D eigenvalue weighted by molar-refractivity contribution is 0.163. The van der Waals surface area contributed by atoms with Crippen LogP contribution in [0.15, 0.2) is 23.2 Å². The van der Waals surface area contributed by atoms with E-state index in [1.165, 1.54) is 25.8 Å². The lowest BCUT2D eigenvalue weighted by Gasteiger charge is -2.33. The average Bonchev–Trinajstić information content (AvgIpc) is 2.66. The summed E-state index contributed by atoms with van der Waals surface area (Å²) >= 11 is 0. The van der Waals surface area contributed by atoms with Gasteiger partial charge in [0.05, 0.1) is 14.2 Å². The molecule has 7 heteroatoms. The molecular weight excluding hydrogens is 455 g/mol. The molecule has 154 valence electrons. The van der Waals surface area contributed by atoms with Crippen LogP contribution >= 0.6 is 24.0 Å². The highest BCUT2D eigenvalue weighted by molar-refractivity contribution is 14.0. The highest BCUT2D eigenvalue weighted by Crippen LogP contribution is 2.25. The van der Waals surface area contributed by atoms with Crippen LogP contribution in [0.5, 0.6) is 11.5 Å². The van der Waals surface area contributed by atoms with Crippen LogP contribution in [0.4, 0.5) is 0 Å². The van der Waals surface area contributed by atoms with Gasteiger partial charge < -0.3 is 19.7 Å². The Morgan fingerprint density at radius 1 is 1.30 bits per heavy atom. The van der Waals surface area contributed by atoms with E-state index in [0.29, 0.717) is 12.6 Å². The maximum absolute atomic E-state index is 5.50. The van der Waals surface area contributed by atoms with Gasteiger partial charge in [-0.05, 0) is 38.4 Å². The van der Waals surface area contributed by atoms with E-state index in [-0.39, 0.29) is 24.0 Å². The zero-order valence-electron chi connectivity index (χ0n) is 17.3. The van der Waals surface area contributed by atoms with Gasteiger partial charge in [0.1, 0.15) is 11.5 Å². The summed E-state index contributed by atoms with van der Waals surface area (Å²) < 4.78 is 10.8. The lowest BCUT2D eigenvalue weighted by Crippen LogP contribution is -2.45. The van der Waals surface area contributed by atoms with Crippen molar-refractivity contribution in [3.05, 3.63) is 23.8 Å². The molecule has 6 nitrogen and oxygen atoms in total. The number of hydrogen-bond acceptors (Lipinski definition) is 4. The number of rotatable bonds is 7. The molecule has 1 atom stereocenters. The number of ether oxygens (including phenoxy) is 2. The molecule has 1 aromatic carbocycles. The molecule has 1 heterocycles. The number of aliphatic imine (C=N–C) groups is 1. The van der Waals surface area contributed by atoms with Gasteiger partial charge in [0, 0.05) is 51.4 Å². The van der Waals surface area contributed by atoms with Crippen LogP contribution in [-0.2, 0) is 6.54 Å². The predicted molar refractivity (Wildman–Crippen MR) is 123 cm³/mol. The number of halogens is 1. The number of nitrogens with zero attached hydrogens (tertiary/aromatic N) is 3. The van der Waals surface area contributed by atoms with E-state index in [1.54, 1.807) is 14.2 Å². The first-order chi connectivity index (χ1) is 12.6. The van der Waals surface area contributed by atoms with Gasteiger partial charge in [-0.25, -0.2) is 0 Å². The van der Waals surface area contributed by atoms with Crippen molar-refractivity contribution < 1.29 is 9.47 Å². The topological polar surface area (TPSA) is 49.3 Å². The second-order valence-corrected chi connectivity index (χ2v) is 6.89. The summed E-state index contributed by atoms with van der Waals surface area (Å²) in [5, 5.41) is 3.49. The summed E-state index contributed by atoms with van der Waals surface area (Å²) in [5.74, 6) is 2.52. The third-order valence-electron chi connectivity index (χ3n) is 5.10. The van der Waals surface area contributed by atoms with Crippen molar-refractivity contribution in [2.24, 2.45) is 4.99 Å². The molecule has 0 amide bonds. The third kappa shape index (κ3) is 7.03. The van der Waals surface area contributed by atoms with Crippen LogP contribution < -0.4 is 14.8 Å². The normalized spacial score (nSPS) is 17.8. The molecule has 0 radical (unpaired) electrons. The summed E-state index contributed by atoms with van der Waals surface area (Å²) in [5.41, 5.74) is 1.10. The molecule has 0 saturated carbocycles. The minimum absolute atomic E-state index is 0. The molecule has 0 aromatic heterocycles. The number of likely N-dealkylation sites (tertiary alicyclic amines) is 1. The zero-order chi connectivity index (χ0) is 18.9. The molecule has 1 saturated heterocycles. The third-order valence-corrected chi connectivity index (χ3v) is 5.10. The first kappa shape index (κ1) is 23.8. The molecular formula is C20H35IN4O2. The fourth-order valence-corrected chi connectivity index (χ4v) is 3.50. The Bertz CT molecular complexity index is 597. The van der Waals surface area contributed by atoms with Crippen molar-refractivity contribution in [1.29, 1.82) is 0 Å². The molecule has 0 bridgehead atoms. The molecule has 1 unspecified atom stereocenters. The van der Waals surface area contributed by atoms with E-state index < -0.39 is 0 Å². The van der Waals surface area contributed by atoms with Gasteiger partial charge in [-0.15, -0.1) is 24.0 Å². The molecule has 2 rings (SSSR count). The van der Waals surface area contributed by atoms with E-state index in [1.807, 2.05) is 32.3 Å². The van der Waals surface area contributed by atoms with Crippen molar-refractivity contribution >= 4 is 29.9 Å². The monoisotopic (exact) mass is 490 g/mol. The van der Waals surface area contributed by atoms with E-state index in [0.717, 1.165) is 36.1 Å². The van der Waals surface area contributed by atoms with Crippen LogP contribution in [-0.4, -0.2) is 69.8 Å². The summed E-state index contributed by atoms with van der Waals surface area (Å²) in [6, 6.07) is 6.60. The molecule has 0 aliphatic carbocycles. The van der Waals surface area contributed by atoms with Crippen LogP contribution in [0.1, 0.15) is 31.7 Å². The maximum atomic E-state index is 5.50. The number of nitrogens with one attached hydrogen (secondary N) is 1. The highest BCUT2D eigenvalue weighted by Gasteiger charge is 2.18. The largest absolute Gasteiger partial charge is 0.497 e. The van der Waals surface area contributed by atoms with Gasteiger partial charge in [0.15, 0.2) is 5.96 Å². The van der Waals surface area contributed by atoms with Crippen LogP contribution in [0, 0.1) is 0 Å². The molecule has 27 heavy (non-hydrogen) atoms. The van der Waals surface area contributed by atoms with Gasteiger partial charge in [0.25, 0.3) is 0 Å². The Balaban J connectivity index is 0.00000364. The fraction of sp³-hybridized carbons (Fsp3) is 0.650. The predicted octanol–water partition coefficient (Wildman–Crippen LogP) is 3.20. The van der Waals surface area contributed by atoms with E-state index in [2.05, 4.69) is 27.0 Å².